The lowest BCUT2D eigenvalue weighted by Gasteiger charge is -2.32. The molecule has 7 heteroatoms. The van der Waals surface area contributed by atoms with E-state index in [9.17, 15) is 4.79 Å². The third-order valence-electron chi connectivity index (χ3n) is 5.53. The van der Waals surface area contributed by atoms with Crippen molar-refractivity contribution in [2.45, 2.75) is 12.8 Å². The summed E-state index contributed by atoms with van der Waals surface area (Å²) in [5.74, 6) is 0.352. The quantitative estimate of drug-likeness (QED) is 0.604. The highest BCUT2D eigenvalue weighted by Crippen LogP contribution is 2.21. The van der Waals surface area contributed by atoms with Crippen molar-refractivity contribution in [1.82, 2.24) is 14.8 Å². The fourth-order valence-corrected chi connectivity index (χ4v) is 3.72. The summed E-state index contributed by atoms with van der Waals surface area (Å²) in [4.78, 5) is 21.7. The normalized spacial score (nSPS) is 15.2. The van der Waals surface area contributed by atoms with Crippen LogP contribution in [-0.4, -0.2) is 60.5 Å². The Hall–Kier alpha value is -2.67. The summed E-state index contributed by atoms with van der Waals surface area (Å²) in [5.41, 5.74) is 3.48. The van der Waals surface area contributed by atoms with E-state index in [1.54, 1.807) is 12.1 Å². The largest absolute Gasteiger partial charge is 0.444 e. The van der Waals surface area contributed by atoms with Gasteiger partial charge in [-0.1, -0.05) is 23.7 Å². The van der Waals surface area contributed by atoms with Gasteiger partial charge in [0, 0.05) is 49.0 Å². The van der Waals surface area contributed by atoms with Crippen molar-refractivity contribution >= 4 is 23.2 Å². The monoisotopic (exact) mass is 438 g/mol. The Labute approximate surface area is 187 Å². The van der Waals surface area contributed by atoms with Gasteiger partial charge in [-0.3, -0.25) is 4.79 Å². The Morgan fingerprint density at radius 1 is 1.06 bits per heavy atom. The second kappa shape index (κ2) is 10.1. The Balaban J connectivity index is 1.25. The van der Waals surface area contributed by atoms with Gasteiger partial charge in [0.15, 0.2) is 0 Å². The lowest BCUT2D eigenvalue weighted by molar-refractivity contribution is -0.115. The standard InChI is InChI=1S/C24H27ClN4O2/c1-28-12-14-29(15-13-28)11-10-18-2-8-21(9-3-18)26-23(30)16-22-17-31-24(27-22)19-4-6-20(25)7-5-19/h2-9,17H,10-16H2,1H3,(H,26,30). The molecule has 0 radical (unpaired) electrons. The zero-order valence-corrected chi connectivity index (χ0v) is 18.4. The molecule has 1 aliphatic heterocycles. The van der Waals surface area contributed by atoms with Crippen LogP contribution in [-0.2, 0) is 17.6 Å². The molecule has 162 valence electrons. The van der Waals surface area contributed by atoms with E-state index in [1.807, 2.05) is 24.3 Å². The Kier molecular flexibility index (Phi) is 7.02. The van der Waals surface area contributed by atoms with Crippen LogP contribution >= 0.6 is 11.6 Å². The summed E-state index contributed by atoms with van der Waals surface area (Å²) in [6, 6.07) is 15.3. The second-order valence-corrected chi connectivity index (χ2v) is 8.40. The minimum Gasteiger partial charge on any atom is -0.444 e. The number of amides is 1. The zero-order valence-electron chi connectivity index (χ0n) is 17.7. The molecular formula is C24H27ClN4O2. The van der Waals surface area contributed by atoms with E-state index >= 15 is 0 Å². The smallest absolute Gasteiger partial charge is 0.230 e. The number of aromatic nitrogens is 1. The lowest BCUT2D eigenvalue weighted by atomic mass is 10.1. The predicted octanol–water partition coefficient (Wildman–Crippen LogP) is 3.97. The number of carbonyl (C=O) groups is 1. The van der Waals surface area contributed by atoms with Gasteiger partial charge in [-0.2, -0.15) is 0 Å². The molecule has 1 fully saturated rings. The molecule has 4 rings (SSSR count). The van der Waals surface area contributed by atoms with Gasteiger partial charge in [-0.15, -0.1) is 0 Å². The van der Waals surface area contributed by atoms with Crippen LogP contribution in [0.25, 0.3) is 11.5 Å². The third kappa shape index (κ3) is 6.17. The summed E-state index contributed by atoms with van der Waals surface area (Å²) in [7, 11) is 2.17. The van der Waals surface area contributed by atoms with E-state index in [4.69, 9.17) is 16.0 Å². The minimum atomic E-state index is -0.124. The number of halogens is 1. The van der Waals surface area contributed by atoms with Gasteiger partial charge in [0.2, 0.25) is 11.8 Å². The van der Waals surface area contributed by atoms with Crippen LogP contribution in [0, 0.1) is 0 Å². The molecule has 2 aromatic carbocycles. The van der Waals surface area contributed by atoms with Gasteiger partial charge >= 0.3 is 0 Å². The van der Waals surface area contributed by atoms with E-state index in [0.29, 0.717) is 16.6 Å². The van der Waals surface area contributed by atoms with Crippen LogP contribution in [0.3, 0.4) is 0 Å². The summed E-state index contributed by atoms with van der Waals surface area (Å²) in [6.07, 6.45) is 2.69. The number of hydrogen-bond donors (Lipinski definition) is 1. The lowest BCUT2D eigenvalue weighted by Crippen LogP contribution is -2.45. The van der Waals surface area contributed by atoms with Gasteiger partial charge in [0.1, 0.15) is 6.26 Å². The van der Waals surface area contributed by atoms with Gasteiger partial charge in [-0.25, -0.2) is 4.98 Å². The van der Waals surface area contributed by atoms with Crippen molar-refractivity contribution in [1.29, 1.82) is 0 Å². The Morgan fingerprint density at radius 3 is 2.48 bits per heavy atom. The molecule has 1 aliphatic rings. The molecule has 3 aromatic rings. The van der Waals surface area contributed by atoms with E-state index in [2.05, 4.69) is 39.3 Å². The van der Waals surface area contributed by atoms with Crippen LogP contribution in [0.15, 0.2) is 59.2 Å². The molecule has 1 amide bonds. The first-order chi connectivity index (χ1) is 15.0. The highest BCUT2D eigenvalue weighted by atomic mass is 35.5. The van der Waals surface area contributed by atoms with Crippen molar-refractivity contribution in [3.05, 3.63) is 71.1 Å². The van der Waals surface area contributed by atoms with E-state index in [-0.39, 0.29) is 12.3 Å². The molecule has 1 saturated heterocycles. The maximum absolute atomic E-state index is 12.4. The topological polar surface area (TPSA) is 61.6 Å². The molecule has 6 nitrogen and oxygen atoms in total. The number of hydrogen-bond acceptors (Lipinski definition) is 5. The van der Waals surface area contributed by atoms with Crippen molar-refractivity contribution in [2.75, 3.05) is 45.1 Å². The third-order valence-corrected chi connectivity index (χ3v) is 5.79. The SMILES string of the molecule is CN1CCN(CCc2ccc(NC(=O)Cc3coc(-c4ccc(Cl)cc4)n3)cc2)CC1. The fourth-order valence-electron chi connectivity index (χ4n) is 3.60. The van der Waals surface area contributed by atoms with E-state index in [1.165, 1.54) is 11.8 Å². The van der Waals surface area contributed by atoms with Crippen molar-refractivity contribution in [2.24, 2.45) is 0 Å². The number of likely N-dealkylation sites (N-methyl/N-ethyl adjacent to an activating group) is 1. The first-order valence-corrected chi connectivity index (χ1v) is 10.9. The van der Waals surface area contributed by atoms with Gasteiger partial charge in [-0.05, 0) is 55.4 Å². The zero-order chi connectivity index (χ0) is 21.6. The number of nitrogens with one attached hydrogen (secondary N) is 1. The van der Waals surface area contributed by atoms with Gasteiger partial charge < -0.3 is 19.5 Å². The van der Waals surface area contributed by atoms with Crippen molar-refractivity contribution in [3.8, 4) is 11.5 Å². The maximum atomic E-state index is 12.4. The highest BCUT2D eigenvalue weighted by Gasteiger charge is 2.14. The number of oxazole rings is 1. The van der Waals surface area contributed by atoms with Crippen LogP contribution in [0.1, 0.15) is 11.3 Å². The number of nitrogens with zero attached hydrogens (tertiary/aromatic N) is 3. The summed E-state index contributed by atoms with van der Waals surface area (Å²) in [5, 5.41) is 3.58. The van der Waals surface area contributed by atoms with E-state index < -0.39 is 0 Å². The van der Waals surface area contributed by atoms with E-state index in [0.717, 1.165) is 50.4 Å². The molecule has 1 N–H and O–H groups in total. The Bertz CT molecular complexity index is 993. The van der Waals surface area contributed by atoms with Crippen LogP contribution in [0.4, 0.5) is 5.69 Å². The summed E-state index contributed by atoms with van der Waals surface area (Å²) < 4.78 is 5.50. The molecule has 31 heavy (non-hydrogen) atoms. The van der Waals surface area contributed by atoms with Crippen molar-refractivity contribution < 1.29 is 9.21 Å². The average Bonchev–Trinajstić information content (AvgIpc) is 3.23. The fraction of sp³-hybridized carbons (Fsp3) is 0.333. The Morgan fingerprint density at radius 2 is 1.77 bits per heavy atom. The minimum absolute atomic E-state index is 0.124. The predicted molar refractivity (Wildman–Crippen MR) is 123 cm³/mol. The first-order valence-electron chi connectivity index (χ1n) is 10.6. The van der Waals surface area contributed by atoms with Gasteiger partial charge in [0.05, 0.1) is 12.1 Å². The number of anilines is 1. The molecule has 0 spiro atoms. The average molecular weight is 439 g/mol. The number of carbonyl (C=O) groups excluding carboxylic acids is 1. The molecule has 1 aromatic heterocycles. The molecule has 0 bridgehead atoms. The molecule has 2 heterocycles. The summed E-state index contributed by atoms with van der Waals surface area (Å²) in [6.45, 7) is 5.61. The van der Waals surface area contributed by atoms with Crippen LogP contribution in [0.2, 0.25) is 5.02 Å². The number of benzene rings is 2. The van der Waals surface area contributed by atoms with Gasteiger partial charge in [0.25, 0.3) is 0 Å². The highest BCUT2D eigenvalue weighted by molar-refractivity contribution is 6.30. The molecule has 0 aliphatic carbocycles. The first kappa shape index (κ1) is 21.6. The molecule has 0 atom stereocenters. The van der Waals surface area contributed by atoms with Crippen LogP contribution < -0.4 is 5.32 Å². The maximum Gasteiger partial charge on any atom is 0.230 e. The second-order valence-electron chi connectivity index (χ2n) is 7.97. The van der Waals surface area contributed by atoms with Crippen LogP contribution in [0.5, 0.6) is 0 Å². The molecule has 0 unspecified atom stereocenters. The summed E-state index contributed by atoms with van der Waals surface area (Å²) >= 11 is 5.91. The number of rotatable bonds is 7. The molecule has 0 saturated carbocycles. The van der Waals surface area contributed by atoms with Crippen molar-refractivity contribution in [3.63, 3.8) is 0 Å². The molecular weight excluding hydrogens is 412 g/mol. The number of piperazine rings is 1.